The van der Waals surface area contributed by atoms with Crippen LogP contribution in [0.5, 0.6) is 0 Å². The zero-order valence-electron chi connectivity index (χ0n) is 14.8. The fraction of sp³-hybridized carbons (Fsp3) is 0.100. The topological polar surface area (TPSA) is 94.3 Å². The number of fused-ring (bicyclic) bond motifs is 1. The summed E-state index contributed by atoms with van der Waals surface area (Å²) in [6.45, 7) is 0. The fourth-order valence-electron chi connectivity index (χ4n) is 2.84. The van der Waals surface area contributed by atoms with Gasteiger partial charge in [-0.3, -0.25) is 14.2 Å². The quantitative estimate of drug-likeness (QED) is 0.468. The van der Waals surface area contributed by atoms with Gasteiger partial charge in [-0.05, 0) is 36.2 Å². The number of nitrogens with zero attached hydrogens (tertiary/aromatic N) is 4. The number of imidazole rings is 1. The Balaban J connectivity index is 1.45. The van der Waals surface area contributed by atoms with Crippen molar-refractivity contribution in [2.24, 2.45) is 0 Å². The molecule has 0 amide bonds. The number of benzene rings is 1. The second-order valence-corrected chi connectivity index (χ2v) is 8.19. The first-order valence-corrected chi connectivity index (χ1v) is 10.1. The van der Waals surface area contributed by atoms with E-state index in [1.54, 1.807) is 53.3 Å². The lowest BCUT2D eigenvalue weighted by Gasteiger charge is -2.06. The molecular weight excluding hydrogens is 376 g/mol. The molecule has 28 heavy (non-hydrogen) atoms. The molecule has 0 unspecified atom stereocenters. The van der Waals surface area contributed by atoms with Gasteiger partial charge in [0.15, 0.2) is 5.78 Å². The second kappa shape index (κ2) is 7.32. The molecule has 140 valence electrons. The average molecular weight is 392 g/mol. The van der Waals surface area contributed by atoms with Crippen molar-refractivity contribution in [3.05, 3.63) is 84.7 Å². The Hall–Kier alpha value is -3.39. The zero-order valence-corrected chi connectivity index (χ0v) is 15.6. The van der Waals surface area contributed by atoms with Crippen LogP contribution < -0.4 is 0 Å². The highest BCUT2D eigenvalue weighted by molar-refractivity contribution is 7.91. The molecule has 0 N–H and O–H groups in total. The van der Waals surface area contributed by atoms with Gasteiger partial charge in [-0.25, -0.2) is 18.4 Å². The summed E-state index contributed by atoms with van der Waals surface area (Å²) < 4.78 is 26.8. The van der Waals surface area contributed by atoms with E-state index in [0.29, 0.717) is 24.2 Å². The van der Waals surface area contributed by atoms with E-state index in [1.807, 2.05) is 0 Å². The molecule has 0 aliphatic heterocycles. The Morgan fingerprint density at radius 1 is 0.964 bits per heavy atom. The van der Waals surface area contributed by atoms with Gasteiger partial charge in [0.25, 0.3) is 0 Å². The van der Waals surface area contributed by atoms with Crippen molar-refractivity contribution in [3.8, 4) is 0 Å². The van der Waals surface area contributed by atoms with Crippen molar-refractivity contribution in [1.29, 1.82) is 0 Å². The molecule has 0 saturated heterocycles. The molecule has 3 heterocycles. The van der Waals surface area contributed by atoms with E-state index < -0.39 is 9.84 Å². The van der Waals surface area contributed by atoms with Crippen molar-refractivity contribution in [3.63, 3.8) is 0 Å². The molecule has 7 nitrogen and oxygen atoms in total. The summed E-state index contributed by atoms with van der Waals surface area (Å²) in [4.78, 5) is 24.8. The van der Waals surface area contributed by atoms with Gasteiger partial charge in [0, 0.05) is 43.6 Å². The van der Waals surface area contributed by atoms with Gasteiger partial charge in [-0.2, -0.15) is 0 Å². The summed E-state index contributed by atoms with van der Waals surface area (Å²) >= 11 is 0. The van der Waals surface area contributed by atoms with Crippen LogP contribution in [0.4, 0.5) is 0 Å². The minimum atomic E-state index is -3.59. The first kappa shape index (κ1) is 18.0. The molecule has 0 atom stereocenters. The number of hydrogen-bond acceptors (Lipinski definition) is 6. The lowest BCUT2D eigenvalue weighted by atomic mass is 10.0. The van der Waals surface area contributed by atoms with Crippen molar-refractivity contribution in [2.75, 3.05) is 0 Å². The van der Waals surface area contributed by atoms with Crippen LogP contribution in [0, 0.1) is 0 Å². The van der Waals surface area contributed by atoms with E-state index in [2.05, 4.69) is 15.0 Å². The summed E-state index contributed by atoms with van der Waals surface area (Å²) in [5.74, 6) is 0.511. The first-order valence-electron chi connectivity index (χ1n) is 8.60. The third-order valence-electron chi connectivity index (χ3n) is 4.39. The standard InChI is InChI=1S/C20H16N4O3S/c25-19(16-12-23-20-22-10-11-24(20)14-16)8-5-15-3-6-17(7-4-15)28(26,27)18-2-1-9-21-13-18/h1-4,6-7,9-14H,5,8H2. The Labute approximate surface area is 161 Å². The highest BCUT2D eigenvalue weighted by atomic mass is 32.2. The van der Waals surface area contributed by atoms with E-state index in [0.717, 1.165) is 5.56 Å². The number of sulfone groups is 1. The first-order chi connectivity index (χ1) is 13.5. The third-order valence-corrected chi connectivity index (χ3v) is 6.14. The minimum absolute atomic E-state index is 0.0323. The Kier molecular flexibility index (Phi) is 4.70. The second-order valence-electron chi connectivity index (χ2n) is 6.24. The molecule has 1 aromatic carbocycles. The van der Waals surface area contributed by atoms with Gasteiger partial charge < -0.3 is 0 Å². The number of carbonyl (C=O) groups excluding carboxylic acids is 1. The van der Waals surface area contributed by atoms with E-state index in [1.165, 1.54) is 24.7 Å². The SMILES string of the molecule is O=C(CCc1ccc(S(=O)(=O)c2cccnc2)cc1)c1cnc2nccn2c1. The van der Waals surface area contributed by atoms with Gasteiger partial charge >= 0.3 is 0 Å². The van der Waals surface area contributed by atoms with Crippen molar-refractivity contribution in [1.82, 2.24) is 19.4 Å². The summed E-state index contributed by atoms with van der Waals surface area (Å²) in [6, 6.07) is 9.67. The van der Waals surface area contributed by atoms with Crippen molar-refractivity contribution in [2.45, 2.75) is 22.6 Å². The lowest BCUT2D eigenvalue weighted by Crippen LogP contribution is -2.05. The average Bonchev–Trinajstić information content (AvgIpc) is 3.21. The number of aryl methyl sites for hydroxylation is 1. The van der Waals surface area contributed by atoms with E-state index in [4.69, 9.17) is 0 Å². The molecule has 4 rings (SSSR count). The molecule has 0 bridgehead atoms. The Bertz CT molecular complexity index is 1230. The lowest BCUT2D eigenvalue weighted by molar-refractivity contribution is 0.0982. The van der Waals surface area contributed by atoms with Gasteiger partial charge in [0.1, 0.15) is 0 Å². The molecular formula is C20H16N4O3S. The number of ketones is 1. The smallest absolute Gasteiger partial charge is 0.233 e. The molecule has 8 heteroatoms. The number of pyridine rings is 1. The normalized spacial score (nSPS) is 11.6. The predicted molar refractivity (Wildman–Crippen MR) is 102 cm³/mol. The van der Waals surface area contributed by atoms with Crippen molar-refractivity contribution < 1.29 is 13.2 Å². The maximum Gasteiger partial charge on any atom is 0.233 e. The van der Waals surface area contributed by atoms with E-state index in [-0.39, 0.29) is 15.6 Å². The van der Waals surface area contributed by atoms with Crippen LogP contribution in [0.25, 0.3) is 5.78 Å². The zero-order chi connectivity index (χ0) is 19.6. The molecule has 0 fully saturated rings. The molecule has 3 aromatic heterocycles. The number of aromatic nitrogens is 4. The van der Waals surface area contributed by atoms with Gasteiger partial charge in [-0.1, -0.05) is 12.1 Å². The molecule has 0 radical (unpaired) electrons. The monoisotopic (exact) mass is 392 g/mol. The number of rotatable bonds is 6. The minimum Gasteiger partial charge on any atom is -0.294 e. The highest BCUT2D eigenvalue weighted by Crippen LogP contribution is 2.20. The van der Waals surface area contributed by atoms with Crippen LogP contribution >= 0.6 is 0 Å². The van der Waals surface area contributed by atoms with Crippen LogP contribution in [0.1, 0.15) is 22.3 Å². The van der Waals surface area contributed by atoms with Crippen LogP contribution in [0.3, 0.4) is 0 Å². The van der Waals surface area contributed by atoms with Gasteiger partial charge in [0.2, 0.25) is 15.6 Å². The van der Waals surface area contributed by atoms with E-state index >= 15 is 0 Å². The summed E-state index contributed by atoms with van der Waals surface area (Å²) in [5.41, 5.74) is 1.40. The Morgan fingerprint density at radius 2 is 1.79 bits per heavy atom. The number of hydrogen-bond donors (Lipinski definition) is 0. The molecule has 0 saturated carbocycles. The number of carbonyl (C=O) groups is 1. The Morgan fingerprint density at radius 3 is 2.54 bits per heavy atom. The third kappa shape index (κ3) is 3.54. The molecule has 0 aliphatic rings. The number of Topliss-reactive ketones (excluding diaryl/α,β-unsaturated/α-hetero) is 1. The maximum atomic E-state index is 12.6. The van der Waals surface area contributed by atoms with Gasteiger partial charge in [0.05, 0.1) is 15.4 Å². The van der Waals surface area contributed by atoms with Crippen LogP contribution in [-0.2, 0) is 16.3 Å². The van der Waals surface area contributed by atoms with Crippen LogP contribution in [0.15, 0.2) is 83.4 Å². The predicted octanol–water partition coefficient (Wildman–Crippen LogP) is 2.77. The molecule has 0 aliphatic carbocycles. The van der Waals surface area contributed by atoms with E-state index in [9.17, 15) is 13.2 Å². The van der Waals surface area contributed by atoms with Gasteiger partial charge in [-0.15, -0.1) is 0 Å². The summed E-state index contributed by atoms with van der Waals surface area (Å²) in [7, 11) is -3.59. The molecule has 0 spiro atoms. The highest BCUT2D eigenvalue weighted by Gasteiger charge is 2.17. The summed E-state index contributed by atoms with van der Waals surface area (Å²) in [6.07, 6.45) is 10.3. The summed E-state index contributed by atoms with van der Waals surface area (Å²) in [5, 5.41) is 0. The maximum absolute atomic E-state index is 12.6. The largest absolute Gasteiger partial charge is 0.294 e. The molecule has 4 aromatic rings. The van der Waals surface area contributed by atoms with Crippen LogP contribution in [-0.4, -0.2) is 33.6 Å². The van der Waals surface area contributed by atoms with Crippen molar-refractivity contribution >= 4 is 21.4 Å². The van der Waals surface area contributed by atoms with Crippen LogP contribution in [0.2, 0.25) is 0 Å². The fourth-order valence-corrected chi connectivity index (χ4v) is 4.06.